The van der Waals surface area contributed by atoms with Gasteiger partial charge in [-0.15, -0.1) is 0 Å². The lowest BCUT2D eigenvalue weighted by Crippen LogP contribution is -2.44. The van der Waals surface area contributed by atoms with Gasteiger partial charge in [-0.25, -0.2) is 18.5 Å². The van der Waals surface area contributed by atoms with Crippen molar-refractivity contribution < 1.29 is 28.2 Å². The molecule has 1 aliphatic heterocycles. The van der Waals surface area contributed by atoms with E-state index in [1.807, 2.05) is 30.3 Å². The van der Waals surface area contributed by atoms with Crippen molar-refractivity contribution in [2.24, 2.45) is 5.92 Å². The van der Waals surface area contributed by atoms with E-state index in [-0.39, 0.29) is 24.2 Å². The van der Waals surface area contributed by atoms with Crippen LogP contribution in [0.4, 0.5) is 13.6 Å². The Hall–Kier alpha value is -3.06. The molecule has 1 N–H and O–H groups in total. The summed E-state index contributed by atoms with van der Waals surface area (Å²) in [6, 6.07) is 11.9. The molecule has 0 saturated carbocycles. The Kier molecular flexibility index (Phi) is 6.39. The highest BCUT2D eigenvalue weighted by Gasteiger charge is 2.40. The maximum Gasteiger partial charge on any atom is 0.416 e. The summed E-state index contributed by atoms with van der Waals surface area (Å²) in [4.78, 5) is 26.1. The summed E-state index contributed by atoms with van der Waals surface area (Å²) in [7, 11) is 0. The molecule has 2 amide bonds. The van der Waals surface area contributed by atoms with Gasteiger partial charge in [-0.1, -0.05) is 36.9 Å². The van der Waals surface area contributed by atoms with Crippen LogP contribution in [0.25, 0.3) is 5.57 Å². The number of carbonyl (C=O) groups is 2. The lowest BCUT2D eigenvalue weighted by Gasteiger charge is -2.24. The van der Waals surface area contributed by atoms with E-state index in [4.69, 9.17) is 4.74 Å². The standard InChI is InChI=1S/C22H21F2NO4/c1-14(19-8-7-17(23)11-20(19)24)9-16(12-26)21(27)25-18(13-29-22(25)28)10-15-5-3-2-4-6-15/h2-8,11,16,18,26H,1,9-10,12-13H2/t16-,18+/m0/s1. The second-order valence-electron chi connectivity index (χ2n) is 6.94. The molecule has 0 aliphatic carbocycles. The molecule has 1 aliphatic rings. The van der Waals surface area contributed by atoms with Crippen LogP contribution in [0.1, 0.15) is 17.5 Å². The molecule has 0 unspecified atom stereocenters. The first-order chi connectivity index (χ1) is 13.9. The van der Waals surface area contributed by atoms with Crippen LogP contribution in [-0.2, 0) is 16.0 Å². The van der Waals surface area contributed by atoms with Gasteiger partial charge in [0.05, 0.1) is 18.6 Å². The van der Waals surface area contributed by atoms with Gasteiger partial charge >= 0.3 is 6.09 Å². The summed E-state index contributed by atoms with van der Waals surface area (Å²) >= 11 is 0. The smallest absolute Gasteiger partial charge is 0.416 e. The van der Waals surface area contributed by atoms with E-state index >= 15 is 0 Å². The van der Waals surface area contributed by atoms with Crippen molar-refractivity contribution in [3.8, 4) is 0 Å². The number of aliphatic hydroxyl groups is 1. The van der Waals surface area contributed by atoms with Crippen LogP contribution in [-0.4, -0.2) is 41.3 Å². The summed E-state index contributed by atoms with van der Waals surface area (Å²) in [6.45, 7) is 3.27. The van der Waals surface area contributed by atoms with Crippen LogP contribution in [0.5, 0.6) is 0 Å². The van der Waals surface area contributed by atoms with Gasteiger partial charge in [0.25, 0.3) is 0 Å². The predicted octanol–water partition coefficient (Wildman–Crippen LogP) is 3.57. The molecule has 1 fully saturated rings. The van der Waals surface area contributed by atoms with Gasteiger partial charge < -0.3 is 9.84 Å². The fourth-order valence-electron chi connectivity index (χ4n) is 3.38. The molecule has 7 heteroatoms. The zero-order chi connectivity index (χ0) is 21.0. The molecular weight excluding hydrogens is 380 g/mol. The monoisotopic (exact) mass is 401 g/mol. The van der Waals surface area contributed by atoms with Gasteiger partial charge in [0.2, 0.25) is 5.91 Å². The number of amides is 2. The minimum atomic E-state index is -1.00. The largest absolute Gasteiger partial charge is 0.447 e. The first-order valence-electron chi connectivity index (χ1n) is 9.18. The third-order valence-corrected chi connectivity index (χ3v) is 4.89. The van der Waals surface area contributed by atoms with E-state index in [9.17, 15) is 23.5 Å². The molecule has 1 heterocycles. The van der Waals surface area contributed by atoms with Crippen LogP contribution in [0.2, 0.25) is 0 Å². The van der Waals surface area contributed by atoms with Crippen molar-refractivity contribution in [3.63, 3.8) is 0 Å². The van der Waals surface area contributed by atoms with Gasteiger partial charge in [-0.05, 0) is 36.1 Å². The van der Waals surface area contributed by atoms with Gasteiger partial charge in [-0.2, -0.15) is 0 Å². The Balaban J connectivity index is 1.74. The van der Waals surface area contributed by atoms with Crippen LogP contribution < -0.4 is 0 Å². The van der Waals surface area contributed by atoms with Gasteiger partial charge in [0, 0.05) is 11.6 Å². The number of hydrogen-bond donors (Lipinski definition) is 1. The molecule has 0 aromatic heterocycles. The lowest BCUT2D eigenvalue weighted by atomic mass is 9.93. The first-order valence-corrected chi connectivity index (χ1v) is 9.18. The Labute approximate surface area is 167 Å². The highest BCUT2D eigenvalue weighted by molar-refractivity contribution is 5.95. The number of rotatable bonds is 7. The fraction of sp³-hybridized carbons (Fsp3) is 0.273. The zero-order valence-corrected chi connectivity index (χ0v) is 15.7. The molecule has 29 heavy (non-hydrogen) atoms. The van der Waals surface area contributed by atoms with Crippen LogP contribution in [0.3, 0.4) is 0 Å². The highest BCUT2D eigenvalue weighted by atomic mass is 19.1. The SMILES string of the molecule is C=C(C[C@@H](CO)C(=O)N1C(=O)OC[C@H]1Cc1ccccc1)c1ccc(F)cc1F. The molecule has 0 bridgehead atoms. The minimum absolute atomic E-state index is 0.0579. The van der Waals surface area contributed by atoms with Gasteiger partial charge in [0.1, 0.15) is 18.2 Å². The summed E-state index contributed by atoms with van der Waals surface area (Å²) in [6.07, 6.45) is -0.433. The van der Waals surface area contributed by atoms with Crippen LogP contribution in [0.15, 0.2) is 55.1 Å². The van der Waals surface area contributed by atoms with Crippen molar-refractivity contribution in [3.05, 3.63) is 77.9 Å². The number of benzene rings is 2. The quantitative estimate of drug-likeness (QED) is 0.770. The van der Waals surface area contributed by atoms with Gasteiger partial charge in [-0.3, -0.25) is 4.79 Å². The summed E-state index contributed by atoms with van der Waals surface area (Å²) < 4.78 is 32.2. The zero-order valence-electron chi connectivity index (χ0n) is 15.7. The average Bonchev–Trinajstić information content (AvgIpc) is 3.06. The predicted molar refractivity (Wildman–Crippen MR) is 103 cm³/mol. The number of allylic oxidation sites excluding steroid dienone is 1. The summed E-state index contributed by atoms with van der Waals surface area (Å²) in [5.41, 5.74) is 1.22. The molecule has 0 radical (unpaired) electrons. The summed E-state index contributed by atoms with van der Waals surface area (Å²) in [5, 5.41) is 9.73. The molecule has 5 nitrogen and oxygen atoms in total. The third kappa shape index (κ3) is 4.68. The third-order valence-electron chi connectivity index (χ3n) is 4.89. The van der Waals surface area contributed by atoms with Crippen molar-refractivity contribution >= 4 is 17.6 Å². The van der Waals surface area contributed by atoms with E-state index in [0.717, 1.165) is 22.6 Å². The summed E-state index contributed by atoms with van der Waals surface area (Å²) in [5.74, 6) is -3.14. The maximum atomic E-state index is 14.0. The Bertz CT molecular complexity index is 916. The topological polar surface area (TPSA) is 66.8 Å². The van der Waals surface area contributed by atoms with Crippen LogP contribution >= 0.6 is 0 Å². The van der Waals surface area contributed by atoms with E-state index in [2.05, 4.69) is 6.58 Å². The molecular formula is C22H21F2NO4. The Morgan fingerprint density at radius 1 is 1.24 bits per heavy atom. The number of imide groups is 1. The molecule has 1 saturated heterocycles. The molecule has 2 atom stereocenters. The van der Waals surface area contributed by atoms with Crippen molar-refractivity contribution in [1.82, 2.24) is 4.90 Å². The molecule has 2 aromatic rings. The molecule has 3 rings (SSSR count). The number of hydrogen-bond acceptors (Lipinski definition) is 4. The fourth-order valence-corrected chi connectivity index (χ4v) is 3.38. The number of halogens is 2. The number of cyclic esters (lactones) is 1. The van der Waals surface area contributed by atoms with Crippen molar-refractivity contribution in [2.75, 3.05) is 13.2 Å². The molecule has 0 spiro atoms. The molecule has 2 aromatic carbocycles. The Morgan fingerprint density at radius 2 is 1.97 bits per heavy atom. The van der Waals surface area contributed by atoms with E-state index in [1.54, 1.807) is 0 Å². The number of carbonyl (C=O) groups excluding carboxylic acids is 2. The molecule has 152 valence electrons. The number of aliphatic hydroxyl groups excluding tert-OH is 1. The second-order valence-corrected chi connectivity index (χ2v) is 6.94. The van der Waals surface area contributed by atoms with Gasteiger partial charge in [0.15, 0.2) is 0 Å². The highest BCUT2D eigenvalue weighted by Crippen LogP contribution is 2.27. The van der Waals surface area contributed by atoms with Crippen molar-refractivity contribution in [2.45, 2.75) is 18.9 Å². The Morgan fingerprint density at radius 3 is 2.62 bits per heavy atom. The van der Waals surface area contributed by atoms with Crippen molar-refractivity contribution in [1.29, 1.82) is 0 Å². The first kappa shape index (κ1) is 20.7. The normalized spacial score (nSPS) is 17.1. The average molecular weight is 401 g/mol. The van der Waals surface area contributed by atoms with Crippen LogP contribution in [0, 0.1) is 17.6 Å². The maximum absolute atomic E-state index is 14.0. The second kappa shape index (κ2) is 8.96. The van der Waals surface area contributed by atoms with E-state index < -0.39 is 42.2 Å². The van der Waals surface area contributed by atoms with E-state index in [0.29, 0.717) is 6.42 Å². The minimum Gasteiger partial charge on any atom is -0.447 e. The van der Waals surface area contributed by atoms with E-state index in [1.165, 1.54) is 6.07 Å². The lowest BCUT2D eigenvalue weighted by molar-refractivity contribution is -0.134. The number of ether oxygens (including phenoxy) is 1. The number of nitrogens with zero attached hydrogens (tertiary/aromatic N) is 1.